The van der Waals surface area contributed by atoms with Gasteiger partial charge in [0.25, 0.3) is 0 Å². The second kappa shape index (κ2) is 5.65. The highest BCUT2D eigenvalue weighted by molar-refractivity contribution is 9.10. The highest BCUT2D eigenvalue weighted by Gasteiger charge is 2.20. The van der Waals surface area contributed by atoms with Crippen molar-refractivity contribution in [2.45, 2.75) is 6.92 Å². The summed E-state index contributed by atoms with van der Waals surface area (Å²) in [5, 5.41) is 9.10. The summed E-state index contributed by atoms with van der Waals surface area (Å²) in [7, 11) is 0. The fourth-order valence-corrected chi connectivity index (χ4v) is 1.83. The molecule has 0 saturated carbocycles. The lowest BCUT2D eigenvalue weighted by molar-refractivity contribution is 0.0696. The molecule has 0 heterocycles. The van der Waals surface area contributed by atoms with Gasteiger partial charge in [-0.3, -0.25) is 0 Å². The first-order chi connectivity index (χ1) is 8.73. The van der Waals surface area contributed by atoms with Crippen LogP contribution in [0.25, 0.3) is 0 Å². The van der Waals surface area contributed by atoms with Crippen LogP contribution in [0.5, 0.6) is 0 Å². The largest absolute Gasteiger partial charge is 0.478 e. The number of guanidine groups is 2. The third-order valence-corrected chi connectivity index (χ3v) is 2.84. The van der Waals surface area contributed by atoms with Crippen molar-refractivity contribution in [3.63, 3.8) is 0 Å². The van der Waals surface area contributed by atoms with Gasteiger partial charge in [-0.15, -0.1) is 0 Å². The molecule has 7 nitrogen and oxygen atoms in total. The van der Waals surface area contributed by atoms with E-state index in [1.807, 2.05) is 0 Å². The molecule has 0 aromatic heterocycles. The molecular weight excluding hydrogens is 321 g/mol. The Morgan fingerprint density at radius 1 is 1.42 bits per heavy atom. The van der Waals surface area contributed by atoms with Gasteiger partial charge in [-0.1, -0.05) is 0 Å². The third kappa shape index (κ3) is 3.41. The number of hydrogen-bond donors (Lipinski definition) is 4. The van der Waals surface area contributed by atoms with Gasteiger partial charge >= 0.3 is 5.97 Å². The normalized spacial score (nSPS) is 11.2. The smallest absolute Gasteiger partial charge is 0.339 e. The van der Waals surface area contributed by atoms with Crippen LogP contribution in [0.15, 0.2) is 20.5 Å². The van der Waals surface area contributed by atoms with Crippen molar-refractivity contribution in [2.24, 2.45) is 27.2 Å². The van der Waals surface area contributed by atoms with Crippen molar-refractivity contribution in [3.8, 4) is 0 Å². The zero-order valence-electron chi connectivity index (χ0n) is 9.82. The molecular formula is C10H11BrFN5O2. The summed E-state index contributed by atoms with van der Waals surface area (Å²) in [5.74, 6) is -2.72. The Kier molecular flexibility index (Phi) is 4.43. The molecule has 0 fully saturated rings. The maximum Gasteiger partial charge on any atom is 0.339 e. The van der Waals surface area contributed by atoms with Crippen LogP contribution >= 0.6 is 15.9 Å². The standard InChI is InChI=1S/C10H11BrFN5O2/c1-3-2-4(12)6(11)5(8(18)19)7(3)16-10(15)17-9(13)14/h2H,1H3,(H,18,19)(H6,13,14,15,16,17). The number of aliphatic imine (C=N–C) groups is 2. The number of rotatable bonds is 2. The fraction of sp³-hybridized carbons (Fsp3) is 0.100. The SMILES string of the molecule is Cc1cc(F)c(Br)c(C(=O)O)c1N=C(N)N=C(N)N. The lowest BCUT2D eigenvalue weighted by Crippen LogP contribution is -2.26. The zero-order valence-corrected chi connectivity index (χ0v) is 11.4. The minimum absolute atomic E-state index is 0.0247. The van der Waals surface area contributed by atoms with Crippen LogP contribution in [-0.2, 0) is 0 Å². The molecule has 1 aromatic rings. The van der Waals surface area contributed by atoms with Gasteiger partial charge in [0.05, 0.1) is 10.2 Å². The van der Waals surface area contributed by atoms with Crippen molar-refractivity contribution < 1.29 is 14.3 Å². The number of carboxylic acids is 1. The third-order valence-electron chi connectivity index (χ3n) is 2.07. The molecule has 0 saturated heterocycles. The van der Waals surface area contributed by atoms with Crippen LogP contribution in [-0.4, -0.2) is 23.0 Å². The van der Waals surface area contributed by atoms with E-state index in [1.54, 1.807) is 0 Å². The summed E-state index contributed by atoms with van der Waals surface area (Å²) in [6.07, 6.45) is 0. The Bertz CT molecular complexity index is 596. The summed E-state index contributed by atoms with van der Waals surface area (Å²) in [6.45, 7) is 1.49. The van der Waals surface area contributed by atoms with E-state index in [9.17, 15) is 9.18 Å². The van der Waals surface area contributed by atoms with E-state index in [-0.39, 0.29) is 33.2 Å². The molecule has 0 aliphatic heterocycles. The van der Waals surface area contributed by atoms with E-state index in [1.165, 1.54) is 6.92 Å². The summed E-state index contributed by atoms with van der Waals surface area (Å²) in [4.78, 5) is 18.4. The van der Waals surface area contributed by atoms with Crippen LogP contribution in [0.3, 0.4) is 0 Å². The van der Waals surface area contributed by atoms with E-state index in [2.05, 4.69) is 25.9 Å². The summed E-state index contributed by atoms with van der Waals surface area (Å²) in [6, 6.07) is 1.12. The number of hydrogen-bond acceptors (Lipinski definition) is 2. The van der Waals surface area contributed by atoms with Crippen molar-refractivity contribution in [1.82, 2.24) is 0 Å². The first kappa shape index (κ1) is 14.9. The second-order valence-corrected chi connectivity index (χ2v) is 4.32. The van der Waals surface area contributed by atoms with Gasteiger partial charge in [-0.25, -0.2) is 14.2 Å². The molecule has 9 heteroatoms. The van der Waals surface area contributed by atoms with Gasteiger partial charge in [0.2, 0.25) is 5.96 Å². The van der Waals surface area contributed by atoms with Gasteiger partial charge in [-0.05, 0) is 34.5 Å². The molecule has 0 unspecified atom stereocenters. The molecule has 102 valence electrons. The number of nitrogens with zero attached hydrogens (tertiary/aromatic N) is 2. The molecule has 0 spiro atoms. The van der Waals surface area contributed by atoms with Crippen molar-refractivity contribution in [2.75, 3.05) is 0 Å². The Morgan fingerprint density at radius 2 is 2.00 bits per heavy atom. The monoisotopic (exact) mass is 331 g/mol. The number of halogens is 2. The number of carbonyl (C=O) groups is 1. The average Bonchev–Trinajstić information content (AvgIpc) is 2.24. The lowest BCUT2D eigenvalue weighted by Gasteiger charge is -2.08. The molecule has 1 aromatic carbocycles. The van der Waals surface area contributed by atoms with Gasteiger partial charge in [0.15, 0.2) is 5.96 Å². The first-order valence-electron chi connectivity index (χ1n) is 4.89. The van der Waals surface area contributed by atoms with Gasteiger partial charge in [0, 0.05) is 0 Å². The number of aryl methyl sites for hydroxylation is 1. The molecule has 0 radical (unpaired) electrons. The number of aromatic carboxylic acids is 1. The molecule has 7 N–H and O–H groups in total. The van der Waals surface area contributed by atoms with Crippen LogP contribution < -0.4 is 17.2 Å². The molecule has 0 amide bonds. The molecule has 0 atom stereocenters. The van der Waals surface area contributed by atoms with Gasteiger partial charge < -0.3 is 22.3 Å². The Morgan fingerprint density at radius 3 is 2.47 bits per heavy atom. The summed E-state index contributed by atoms with van der Waals surface area (Å²) < 4.78 is 13.2. The van der Waals surface area contributed by atoms with Crippen molar-refractivity contribution >= 4 is 39.5 Å². The Hall–Kier alpha value is -2.16. The van der Waals surface area contributed by atoms with Gasteiger partial charge in [0.1, 0.15) is 11.4 Å². The topological polar surface area (TPSA) is 140 Å². The number of benzene rings is 1. The quantitative estimate of drug-likeness (QED) is 0.469. The van der Waals surface area contributed by atoms with E-state index in [4.69, 9.17) is 22.3 Å². The first-order valence-corrected chi connectivity index (χ1v) is 5.69. The van der Waals surface area contributed by atoms with E-state index < -0.39 is 11.8 Å². The molecule has 0 bridgehead atoms. The lowest BCUT2D eigenvalue weighted by atomic mass is 10.1. The van der Waals surface area contributed by atoms with E-state index in [0.29, 0.717) is 0 Å². The predicted octanol–water partition coefficient (Wildman–Crippen LogP) is 0.814. The van der Waals surface area contributed by atoms with Crippen LogP contribution in [0.1, 0.15) is 15.9 Å². The summed E-state index contributed by atoms with van der Waals surface area (Å²) in [5.41, 5.74) is 15.6. The summed E-state index contributed by atoms with van der Waals surface area (Å²) >= 11 is 2.86. The van der Waals surface area contributed by atoms with Crippen molar-refractivity contribution in [1.29, 1.82) is 0 Å². The number of carboxylic acid groups (broad SMARTS) is 1. The van der Waals surface area contributed by atoms with Crippen molar-refractivity contribution in [3.05, 3.63) is 27.5 Å². The minimum Gasteiger partial charge on any atom is -0.478 e. The predicted molar refractivity (Wildman–Crippen MR) is 72.9 cm³/mol. The molecule has 0 aliphatic rings. The van der Waals surface area contributed by atoms with Gasteiger partial charge in [-0.2, -0.15) is 4.99 Å². The fourth-order valence-electron chi connectivity index (χ4n) is 1.35. The second-order valence-electron chi connectivity index (χ2n) is 3.52. The molecule has 19 heavy (non-hydrogen) atoms. The average molecular weight is 332 g/mol. The van der Waals surface area contributed by atoms with Crippen LogP contribution in [0.4, 0.5) is 10.1 Å². The van der Waals surface area contributed by atoms with Crippen LogP contribution in [0, 0.1) is 12.7 Å². The van der Waals surface area contributed by atoms with E-state index >= 15 is 0 Å². The number of nitrogens with two attached hydrogens (primary N) is 3. The zero-order chi connectivity index (χ0) is 14.7. The highest BCUT2D eigenvalue weighted by Crippen LogP contribution is 2.33. The minimum atomic E-state index is -1.36. The van der Waals surface area contributed by atoms with E-state index in [0.717, 1.165) is 6.07 Å². The highest BCUT2D eigenvalue weighted by atomic mass is 79.9. The molecule has 1 rings (SSSR count). The Labute approximate surface area is 116 Å². The maximum atomic E-state index is 13.5. The maximum absolute atomic E-state index is 13.5. The van der Waals surface area contributed by atoms with Crippen LogP contribution in [0.2, 0.25) is 0 Å². The Balaban J connectivity index is 3.55. The molecule has 0 aliphatic carbocycles.